The molecule has 0 saturated carbocycles. The van der Waals surface area contributed by atoms with Gasteiger partial charge in [-0.2, -0.15) is 5.26 Å². The van der Waals surface area contributed by atoms with E-state index in [0.717, 1.165) is 28.2 Å². The van der Waals surface area contributed by atoms with Crippen molar-refractivity contribution in [2.75, 3.05) is 4.90 Å². The first-order valence-electron chi connectivity index (χ1n) is 10.8. The Morgan fingerprint density at radius 2 is 1.21 bits per heavy atom. The van der Waals surface area contributed by atoms with E-state index in [-0.39, 0.29) is 5.57 Å². The van der Waals surface area contributed by atoms with Gasteiger partial charge in [0.2, 0.25) is 0 Å². The van der Waals surface area contributed by atoms with Gasteiger partial charge in [-0.25, -0.2) is 4.79 Å². The Morgan fingerprint density at radius 1 is 0.676 bits per heavy atom. The second kappa shape index (κ2) is 10.6. The quantitative estimate of drug-likeness (QED) is 0.185. The van der Waals surface area contributed by atoms with E-state index in [9.17, 15) is 4.79 Å². The zero-order valence-electron chi connectivity index (χ0n) is 18.4. The molecule has 4 aromatic carbocycles. The van der Waals surface area contributed by atoms with E-state index >= 15 is 0 Å². The van der Waals surface area contributed by atoms with Gasteiger partial charge in [0.1, 0.15) is 11.6 Å². The van der Waals surface area contributed by atoms with Gasteiger partial charge in [-0.1, -0.05) is 84.9 Å². The molecule has 164 valence electrons. The molecule has 4 heteroatoms. The average Bonchev–Trinajstić information content (AvgIpc) is 2.88. The Bertz CT molecular complexity index is 1330. The minimum Gasteiger partial charge on any atom is -0.477 e. The fourth-order valence-electron chi connectivity index (χ4n) is 3.57. The minimum atomic E-state index is -1.23. The summed E-state index contributed by atoms with van der Waals surface area (Å²) < 4.78 is 0. The summed E-state index contributed by atoms with van der Waals surface area (Å²) in [6.07, 6.45) is 5.41. The number of nitrogens with zero attached hydrogens (tertiary/aromatic N) is 2. The molecule has 0 heterocycles. The average molecular weight is 443 g/mol. The van der Waals surface area contributed by atoms with Gasteiger partial charge in [-0.05, 0) is 59.2 Å². The maximum atomic E-state index is 11.0. The zero-order chi connectivity index (χ0) is 23.8. The number of hydrogen-bond acceptors (Lipinski definition) is 3. The van der Waals surface area contributed by atoms with Crippen LogP contribution in [0.25, 0.3) is 18.2 Å². The molecule has 34 heavy (non-hydrogen) atoms. The number of hydrogen-bond donors (Lipinski definition) is 1. The number of nitriles is 1. The van der Waals surface area contributed by atoms with Crippen LogP contribution < -0.4 is 4.90 Å². The van der Waals surface area contributed by atoms with Gasteiger partial charge in [0.05, 0.1) is 0 Å². The highest BCUT2D eigenvalue weighted by molar-refractivity contribution is 5.96. The number of carboxylic acid groups (broad SMARTS) is 1. The second-order valence-electron chi connectivity index (χ2n) is 7.58. The van der Waals surface area contributed by atoms with Crippen LogP contribution in [0.2, 0.25) is 0 Å². The van der Waals surface area contributed by atoms with Gasteiger partial charge in [-0.15, -0.1) is 0 Å². The fraction of sp³-hybridized carbons (Fsp3) is 0. The van der Waals surface area contributed by atoms with Gasteiger partial charge < -0.3 is 10.0 Å². The van der Waals surface area contributed by atoms with E-state index in [1.165, 1.54) is 6.08 Å². The van der Waals surface area contributed by atoms with Crippen LogP contribution in [0.5, 0.6) is 0 Å². The van der Waals surface area contributed by atoms with Gasteiger partial charge in [0.15, 0.2) is 0 Å². The SMILES string of the molecule is N#C/C(=C\c1ccc(/C=C/c2cccc(N(c3ccccc3)c3ccccc3)c2)cc1)C(=O)O. The summed E-state index contributed by atoms with van der Waals surface area (Å²) >= 11 is 0. The molecule has 4 rings (SSSR count). The number of para-hydroxylation sites is 2. The first-order valence-corrected chi connectivity index (χ1v) is 10.8. The van der Waals surface area contributed by atoms with Crippen molar-refractivity contribution in [3.8, 4) is 6.07 Å². The predicted octanol–water partition coefficient (Wildman–Crippen LogP) is 7.32. The summed E-state index contributed by atoms with van der Waals surface area (Å²) in [5.41, 5.74) is 5.61. The van der Waals surface area contributed by atoms with Crippen LogP contribution >= 0.6 is 0 Å². The zero-order valence-corrected chi connectivity index (χ0v) is 18.4. The van der Waals surface area contributed by atoms with Crippen LogP contribution in [0.1, 0.15) is 16.7 Å². The highest BCUT2D eigenvalue weighted by Crippen LogP contribution is 2.34. The van der Waals surface area contributed by atoms with Gasteiger partial charge in [0, 0.05) is 17.1 Å². The van der Waals surface area contributed by atoms with Crippen LogP contribution in [-0.2, 0) is 4.79 Å². The lowest BCUT2D eigenvalue weighted by Gasteiger charge is -2.25. The Kier molecular flexibility index (Phi) is 6.97. The predicted molar refractivity (Wildman–Crippen MR) is 138 cm³/mol. The Morgan fingerprint density at radius 3 is 1.76 bits per heavy atom. The first kappa shape index (κ1) is 22.3. The van der Waals surface area contributed by atoms with Crippen LogP contribution in [0.3, 0.4) is 0 Å². The molecule has 0 bridgehead atoms. The molecule has 0 unspecified atom stereocenters. The molecular weight excluding hydrogens is 420 g/mol. The molecule has 4 aromatic rings. The van der Waals surface area contributed by atoms with E-state index in [2.05, 4.69) is 47.4 Å². The second-order valence-corrected chi connectivity index (χ2v) is 7.58. The standard InChI is InChI=1S/C30H22N2O2/c31-22-26(30(33)34)20-25-18-15-23(16-19-25)14-17-24-8-7-13-29(21-24)32(27-9-3-1-4-10-27)28-11-5-2-6-12-28/h1-21H,(H,33,34)/b17-14+,26-20+. The Hall–Kier alpha value is -4.88. The molecule has 0 fully saturated rings. The molecule has 0 amide bonds. The summed E-state index contributed by atoms with van der Waals surface area (Å²) in [7, 11) is 0. The van der Waals surface area contributed by atoms with E-state index in [4.69, 9.17) is 10.4 Å². The molecule has 4 nitrogen and oxygen atoms in total. The fourth-order valence-corrected chi connectivity index (χ4v) is 3.57. The maximum Gasteiger partial charge on any atom is 0.346 e. The summed E-state index contributed by atoms with van der Waals surface area (Å²) in [6, 6.07) is 37.9. The number of anilines is 3. The number of rotatable bonds is 7. The highest BCUT2D eigenvalue weighted by Gasteiger charge is 2.11. The summed E-state index contributed by atoms with van der Waals surface area (Å²) in [5.74, 6) is -1.23. The number of aliphatic carboxylic acids is 1. The molecule has 0 spiro atoms. The van der Waals surface area contributed by atoms with E-state index < -0.39 is 5.97 Å². The van der Waals surface area contributed by atoms with Crippen LogP contribution in [-0.4, -0.2) is 11.1 Å². The largest absolute Gasteiger partial charge is 0.477 e. The summed E-state index contributed by atoms with van der Waals surface area (Å²) in [5, 5.41) is 17.9. The van der Waals surface area contributed by atoms with E-state index in [1.54, 1.807) is 18.2 Å². The minimum absolute atomic E-state index is 0.290. The van der Waals surface area contributed by atoms with Crippen LogP contribution in [0.15, 0.2) is 115 Å². The van der Waals surface area contributed by atoms with Crippen molar-refractivity contribution in [3.05, 3.63) is 131 Å². The maximum absolute atomic E-state index is 11.0. The lowest BCUT2D eigenvalue weighted by atomic mass is 10.1. The molecule has 1 N–H and O–H groups in total. The molecule has 0 aliphatic heterocycles. The van der Waals surface area contributed by atoms with Crippen molar-refractivity contribution in [2.24, 2.45) is 0 Å². The highest BCUT2D eigenvalue weighted by atomic mass is 16.4. The number of carboxylic acids is 1. The number of carbonyl (C=O) groups is 1. The molecule has 0 aliphatic rings. The Balaban J connectivity index is 1.60. The van der Waals surface area contributed by atoms with Crippen molar-refractivity contribution < 1.29 is 9.90 Å². The third kappa shape index (κ3) is 5.48. The van der Waals surface area contributed by atoms with Crippen molar-refractivity contribution in [1.82, 2.24) is 0 Å². The first-order chi connectivity index (χ1) is 16.6. The topological polar surface area (TPSA) is 64.3 Å². The molecule has 0 aromatic heterocycles. The molecule has 0 aliphatic carbocycles. The van der Waals surface area contributed by atoms with Gasteiger partial charge >= 0.3 is 5.97 Å². The summed E-state index contributed by atoms with van der Waals surface area (Å²) in [4.78, 5) is 13.2. The molecule has 0 atom stereocenters. The van der Waals surface area contributed by atoms with Crippen LogP contribution in [0, 0.1) is 11.3 Å². The van der Waals surface area contributed by atoms with E-state index in [1.807, 2.05) is 66.7 Å². The lowest BCUT2D eigenvalue weighted by molar-refractivity contribution is -0.132. The van der Waals surface area contributed by atoms with Crippen LogP contribution in [0.4, 0.5) is 17.1 Å². The van der Waals surface area contributed by atoms with Crippen molar-refractivity contribution in [3.63, 3.8) is 0 Å². The summed E-state index contributed by atoms with van der Waals surface area (Å²) in [6.45, 7) is 0. The smallest absolute Gasteiger partial charge is 0.346 e. The molecule has 0 saturated heterocycles. The molecular formula is C30H22N2O2. The van der Waals surface area contributed by atoms with Crippen molar-refractivity contribution in [1.29, 1.82) is 5.26 Å². The van der Waals surface area contributed by atoms with Crippen molar-refractivity contribution in [2.45, 2.75) is 0 Å². The normalized spacial score (nSPS) is 11.2. The lowest BCUT2D eigenvalue weighted by Crippen LogP contribution is -2.09. The van der Waals surface area contributed by atoms with Crippen molar-refractivity contribution >= 4 is 41.3 Å². The third-order valence-electron chi connectivity index (χ3n) is 5.22. The van der Waals surface area contributed by atoms with Gasteiger partial charge in [-0.3, -0.25) is 0 Å². The Labute approximate surface area is 199 Å². The third-order valence-corrected chi connectivity index (χ3v) is 5.22. The van der Waals surface area contributed by atoms with Gasteiger partial charge in [0.25, 0.3) is 0 Å². The van der Waals surface area contributed by atoms with E-state index in [0.29, 0.717) is 5.56 Å². The monoisotopic (exact) mass is 442 g/mol. The molecule has 0 radical (unpaired) electrons. The number of benzene rings is 4.